The maximum atomic E-state index is 13.8. The van der Waals surface area contributed by atoms with Crippen LogP contribution in [0.15, 0.2) is 18.2 Å². The molecule has 0 saturated carbocycles. The zero-order valence-corrected chi connectivity index (χ0v) is 22.4. The van der Waals surface area contributed by atoms with Crippen LogP contribution in [0.5, 0.6) is 5.75 Å². The van der Waals surface area contributed by atoms with Gasteiger partial charge in [0.1, 0.15) is 23.4 Å². The first-order valence-corrected chi connectivity index (χ1v) is 12.2. The fourth-order valence-corrected chi connectivity index (χ4v) is 3.50. The van der Waals surface area contributed by atoms with Gasteiger partial charge in [-0.1, -0.05) is 26.3 Å². The molecule has 1 aromatic carbocycles. The third-order valence-corrected chi connectivity index (χ3v) is 5.80. The number of aromatic hydroxyl groups is 1. The minimum Gasteiger partial charge on any atom is -0.508 e. The molecular formula is C26H43N3O6. The van der Waals surface area contributed by atoms with Crippen LogP contribution in [0, 0.1) is 6.92 Å². The maximum absolute atomic E-state index is 13.8. The van der Waals surface area contributed by atoms with Crippen LogP contribution in [-0.4, -0.2) is 63.4 Å². The number of carbonyl (C=O) groups excluding carboxylic acids is 3. The van der Waals surface area contributed by atoms with Crippen molar-refractivity contribution in [3.05, 3.63) is 29.3 Å². The number of unbranched alkanes of at least 4 members (excludes halogenated alkanes) is 1. The molecule has 0 aliphatic rings. The van der Waals surface area contributed by atoms with Crippen molar-refractivity contribution in [3.63, 3.8) is 0 Å². The second kappa shape index (κ2) is 12.8. The molecule has 1 rings (SSSR count). The van der Waals surface area contributed by atoms with Gasteiger partial charge in [-0.05, 0) is 77.6 Å². The molecule has 2 atom stereocenters. The molecule has 0 heterocycles. The molecule has 0 spiro atoms. The number of benzene rings is 1. The number of aryl methyl sites for hydroxylation is 1. The molecule has 0 aliphatic heterocycles. The highest BCUT2D eigenvalue weighted by atomic mass is 16.6. The molecule has 0 saturated heterocycles. The van der Waals surface area contributed by atoms with Gasteiger partial charge in [-0.3, -0.25) is 9.59 Å². The summed E-state index contributed by atoms with van der Waals surface area (Å²) < 4.78 is 5.26. The molecule has 0 aliphatic carbocycles. The summed E-state index contributed by atoms with van der Waals surface area (Å²) in [6, 6.07) is 2.39. The summed E-state index contributed by atoms with van der Waals surface area (Å²) in [5.74, 6) is -0.926. The van der Waals surface area contributed by atoms with Crippen molar-refractivity contribution in [2.24, 2.45) is 0 Å². The van der Waals surface area contributed by atoms with Crippen LogP contribution < -0.4 is 10.6 Å². The Hall–Kier alpha value is -2.81. The first-order chi connectivity index (χ1) is 16.2. The summed E-state index contributed by atoms with van der Waals surface area (Å²) in [6.07, 6.45) is 1.32. The van der Waals surface area contributed by atoms with Crippen molar-refractivity contribution in [2.75, 3.05) is 13.2 Å². The highest BCUT2D eigenvalue weighted by Crippen LogP contribution is 2.33. The number of rotatable bonds is 11. The van der Waals surface area contributed by atoms with E-state index in [1.165, 1.54) is 11.0 Å². The molecule has 0 bridgehead atoms. The number of aliphatic hydroxyl groups excluding tert-OH is 1. The van der Waals surface area contributed by atoms with Gasteiger partial charge in [-0.25, -0.2) is 4.79 Å². The highest BCUT2D eigenvalue weighted by molar-refractivity contribution is 5.92. The van der Waals surface area contributed by atoms with Crippen LogP contribution in [0.3, 0.4) is 0 Å². The third kappa shape index (κ3) is 8.72. The lowest BCUT2D eigenvalue weighted by Crippen LogP contribution is -2.60. The predicted octanol–water partition coefficient (Wildman–Crippen LogP) is 3.56. The Morgan fingerprint density at radius 3 is 2.23 bits per heavy atom. The van der Waals surface area contributed by atoms with Crippen molar-refractivity contribution in [2.45, 2.75) is 97.9 Å². The molecule has 3 amide bonds. The average Bonchev–Trinajstić information content (AvgIpc) is 2.76. The second-order valence-electron chi connectivity index (χ2n) is 10.3. The number of alkyl carbamates (subject to hydrolysis) is 1. The molecule has 9 nitrogen and oxygen atoms in total. The summed E-state index contributed by atoms with van der Waals surface area (Å²) in [4.78, 5) is 41.1. The Morgan fingerprint density at radius 1 is 1.11 bits per heavy atom. The van der Waals surface area contributed by atoms with Gasteiger partial charge < -0.3 is 30.5 Å². The highest BCUT2D eigenvalue weighted by Gasteiger charge is 2.43. The lowest BCUT2D eigenvalue weighted by molar-refractivity contribution is -0.150. The topological polar surface area (TPSA) is 128 Å². The van der Waals surface area contributed by atoms with Gasteiger partial charge in [0.15, 0.2) is 0 Å². The minimum atomic E-state index is -1.32. The van der Waals surface area contributed by atoms with E-state index < -0.39 is 41.8 Å². The van der Waals surface area contributed by atoms with E-state index in [-0.39, 0.29) is 11.7 Å². The largest absolute Gasteiger partial charge is 0.508 e. The molecule has 2 unspecified atom stereocenters. The number of nitrogens with zero attached hydrogens (tertiary/aromatic N) is 1. The first kappa shape index (κ1) is 30.2. The zero-order valence-electron chi connectivity index (χ0n) is 22.4. The molecule has 0 fully saturated rings. The van der Waals surface area contributed by atoms with Crippen LogP contribution in [-0.2, 0) is 14.3 Å². The van der Waals surface area contributed by atoms with E-state index in [1.807, 2.05) is 27.7 Å². The van der Waals surface area contributed by atoms with Gasteiger partial charge in [0.2, 0.25) is 11.8 Å². The molecule has 198 valence electrons. The minimum absolute atomic E-state index is 0.0753. The Bertz CT molecular complexity index is 878. The number of amides is 3. The van der Waals surface area contributed by atoms with Gasteiger partial charge in [0.25, 0.3) is 0 Å². The number of hydrogen-bond donors (Lipinski definition) is 4. The summed E-state index contributed by atoms with van der Waals surface area (Å²) >= 11 is 0. The van der Waals surface area contributed by atoms with Gasteiger partial charge in [-0.2, -0.15) is 0 Å². The number of nitrogens with one attached hydrogen (secondary N) is 2. The second-order valence-corrected chi connectivity index (χ2v) is 10.3. The molecule has 0 radical (unpaired) electrons. The van der Waals surface area contributed by atoms with E-state index in [0.717, 1.165) is 12.8 Å². The summed E-state index contributed by atoms with van der Waals surface area (Å²) in [7, 11) is 0. The first-order valence-electron chi connectivity index (χ1n) is 12.2. The number of aliphatic hydroxyl groups is 1. The molecule has 1 aromatic rings. The Morgan fingerprint density at radius 2 is 1.74 bits per heavy atom. The van der Waals surface area contributed by atoms with Crippen LogP contribution in [0.1, 0.15) is 84.9 Å². The summed E-state index contributed by atoms with van der Waals surface area (Å²) in [5.41, 5.74) is -0.543. The molecule has 35 heavy (non-hydrogen) atoms. The van der Waals surface area contributed by atoms with Gasteiger partial charge in [0, 0.05) is 12.1 Å². The SMILES string of the molecule is CCCCNC(=O)C(c1ccc(O)c(C)c1)N(C(=O)C(CO)NC(=O)OC(C)(C)C)C(C)(C)CC. The van der Waals surface area contributed by atoms with E-state index in [2.05, 4.69) is 10.6 Å². The molecule has 0 aromatic heterocycles. The molecular weight excluding hydrogens is 450 g/mol. The lowest BCUT2D eigenvalue weighted by Gasteiger charge is -2.44. The summed E-state index contributed by atoms with van der Waals surface area (Å²) in [6.45, 7) is 14.1. The number of ether oxygens (including phenoxy) is 1. The predicted molar refractivity (Wildman–Crippen MR) is 135 cm³/mol. The third-order valence-electron chi connectivity index (χ3n) is 5.80. The Balaban J connectivity index is 3.54. The zero-order chi connectivity index (χ0) is 27.0. The van der Waals surface area contributed by atoms with Crippen molar-refractivity contribution >= 4 is 17.9 Å². The fourth-order valence-electron chi connectivity index (χ4n) is 3.50. The van der Waals surface area contributed by atoms with Crippen molar-refractivity contribution in [1.29, 1.82) is 0 Å². The number of hydrogen-bond acceptors (Lipinski definition) is 6. The standard InChI is InChI=1S/C26H43N3O6/c1-9-11-14-27-22(32)21(18-12-13-20(31)17(3)15-18)29(26(7,8)10-2)23(33)19(16-30)28-24(34)35-25(4,5)6/h12-13,15,19,21,30-31H,9-11,14,16H2,1-8H3,(H,27,32)(H,28,34). The average molecular weight is 494 g/mol. The van der Waals surface area contributed by atoms with Crippen LogP contribution >= 0.6 is 0 Å². The number of phenols is 1. The van der Waals surface area contributed by atoms with Gasteiger partial charge >= 0.3 is 6.09 Å². The van der Waals surface area contributed by atoms with Crippen molar-refractivity contribution in [3.8, 4) is 5.75 Å². The van der Waals surface area contributed by atoms with E-state index in [4.69, 9.17) is 4.74 Å². The van der Waals surface area contributed by atoms with E-state index in [0.29, 0.717) is 24.1 Å². The lowest BCUT2D eigenvalue weighted by atomic mass is 9.91. The van der Waals surface area contributed by atoms with Crippen LogP contribution in [0.4, 0.5) is 4.79 Å². The van der Waals surface area contributed by atoms with Gasteiger partial charge in [-0.15, -0.1) is 0 Å². The van der Waals surface area contributed by atoms with Gasteiger partial charge in [0.05, 0.1) is 6.61 Å². The molecule has 4 N–H and O–H groups in total. The van der Waals surface area contributed by atoms with Crippen LogP contribution in [0.25, 0.3) is 0 Å². The maximum Gasteiger partial charge on any atom is 0.408 e. The van der Waals surface area contributed by atoms with Crippen molar-refractivity contribution in [1.82, 2.24) is 15.5 Å². The fraction of sp³-hybridized carbons (Fsp3) is 0.654. The van der Waals surface area contributed by atoms with E-state index in [9.17, 15) is 24.6 Å². The normalized spacial score (nSPS) is 13.5. The van der Waals surface area contributed by atoms with E-state index in [1.54, 1.807) is 39.8 Å². The Labute approximate surface area is 209 Å². The Kier molecular flexibility index (Phi) is 11.0. The summed E-state index contributed by atoms with van der Waals surface area (Å²) in [5, 5.41) is 25.4. The smallest absolute Gasteiger partial charge is 0.408 e. The molecule has 9 heteroatoms. The van der Waals surface area contributed by atoms with Crippen molar-refractivity contribution < 1.29 is 29.3 Å². The van der Waals surface area contributed by atoms with Crippen LogP contribution in [0.2, 0.25) is 0 Å². The quantitative estimate of drug-likeness (QED) is 0.349. The monoisotopic (exact) mass is 493 g/mol. The number of phenolic OH excluding ortho intramolecular Hbond substituents is 1. The number of carbonyl (C=O) groups is 3. The van der Waals surface area contributed by atoms with E-state index >= 15 is 0 Å².